The Bertz CT molecular complexity index is 448. The van der Waals surface area contributed by atoms with Gasteiger partial charge in [0.25, 0.3) is 0 Å². The lowest BCUT2D eigenvalue weighted by Gasteiger charge is -2.15. The molecule has 0 aliphatic rings. The highest BCUT2D eigenvalue weighted by atomic mass is 16.5. The number of hydrogen-bond acceptors (Lipinski definition) is 1. The van der Waals surface area contributed by atoms with Crippen LogP contribution in [0.1, 0.15) is 18.6 Å². The molecule has 0 N–H and O–H groups in total. The highest BCUT2D eigenvalue weighted by Crippen LogP contribution is 2.29. The average molecular weight is 212 g/mol. The van der Waals surface area contributed by atoms with Crippen molar-refractivity contribution in [3.05, 3.63) is 60.2 Å². The van der Waals surface area contributed by atoms with Gasteiger partial charge in [0, 0.05) is 7.11 Å². The van der Waals surface area contributed by atoms with E-state index in [2.05, 4.69) is 55.5 Å². The molecule has 16 heavy (non-hydrogen) atoms. The molecule has 1 nitrogen and oxygen atoms in total. The minimum Gasteiger partial charge on any atom is -0.377 e. The summed E-state index contributed by atoms with van der Waals surface area (Å²) in [5, 5.41) is 0. The molecule has 0 aliphatic carbocycles. The number of methoxy groups -OCH3 is 1. The molecule has 0 bridgehead atoms. The highest BCUT2D eigenvalue weighted by Gasteiger charge is 2.09. The Morgan fingerprint density at radius 2 is 1.50 bits per heavy atom. The molecule has 0 fully saturated rings. The van der Waals surface area contributed by atoms with Crippen LogP contribution in [0.2, 0.25) is 0 Å². The maximum Gasteiger partial charge on any atom is 0.0799 e. The van der Waals surface area contributed by atoms with Gasteiger partial charge in [0.2, 0.25) is 0 Å². The van der Waals surface area contributed by atoms with E-state index in [0.29, 0.717) is 0 Å². The van der Waals surface area contributed by atoms with Crippen molar-refractivity contribution in [2.45, 2.75) is 13.0 Å². The fourth-order valence-corrected chi connectivity index (χ4v) is 1.86. The summed E-state index contributed by atoms with van der Waals surface area (Å²) in [6, 6.07) is 18.8. The molecule has 0 aliphatic heterocycles. The molecule has 0 heterocycles. The Labute approximate surface area is 96.7 Å². The fraction of sp³-hybridized carbons (Fsp3) is 0.200. The zero-order valence-electron chi connectivity index (χ0n) is 9.68. The molecule has 0 saturated heterocycles. The first-order valence-electron chi connectivity index (χ1n) is 5.50. The van der Waals surface area contributed by atoms with Gasteiger partial charge in [-0.3, -0.25) is 0 Å². The summed E-state index contributed by atoms with van der Waals surface area (Å²) >= 11 is 0. The maximum atomic E-state index is 5.40. The molecule has 0 radical (unpaired) electrons. The number of hydrogen-bond donors (Lipinski definition) is 0. The summed E-state index contributed by atoms with van der Waals surface area (Å²) in [7, 11) is 1.74. The van der Waals surface area contributed by atoms with Crippen LogP contribution in [0.25, 0.3) is 11.1 Å². The molecular formula is C15H16O. The molecule has 1 unspecified atom stereocenters. The number of benzene rings is 2. The minimum atomic E-state index is 0.122. The largest absolute Gasteiger partial charge is 0.377 e. The molecule has 2 aromatic carbocycles. The van der Waals surface area contributed by atoms with Gasteiger partial charge in [-0.1, -0.05) is 54.6 Å². The maximum absolute atomic E-state index is 5.40. The SMILES string of the molecule is COC(C)c1ccccc1-c1ccccc1. The van der Waals surface area contributed by atoms with E-state index in [9.17, 15) is 0 Å². The van der Waals surface area contributed by atoms with Crippen LogP contribution in [0.5, 0.6) is 0 Å². The van der Waals surface area contributed by atoms with Crippen molar-refractivity contribution in [3.63, 3.8) is 0 Å². The van der Waals surface area contributed by atoms with Gasteiger partial charge >= 0.3 is 0 Å². The Balaban J connectivity index is 2.49. The molecule has 82 valence electrons. The molecular weight excluding hydrogens is 196 g/mol. The summed E-state index contributed by atoms with van der Waals surface area (Å²) in [5.74, 6) is 0. The molecule has 1 atom stereocenters. The monoisotopic (exact) mass is 212 g/mol. The average Bonchev–Trinajstić information content (AvgIpc) is 2.39. The molecule has 0 saturated carbocycles. The Morgan fingerprint density at radius 3 is 2.19 bits per heavy atom. The fourth-order valence-electron chi connectivity index (χ4n) is 1.86. The Kier molecular flexibility index (Phi) is 3.37. The van der Waals surface area contributed by atoms with E-state index in [1.807, 2.05) is 6.07 Å². The zero-order chi connectivity index (χ0) is 11.4. The van der Waals surface area contributed by atoms with Gasteiger partial charge in [-0.15, -0.1) is 0 Å². The van der Waals surface area contributed by atoms with Crippen molar-refractivity contribution in [3.8, 4) is 11.1 Å². The van der Waals surface area contributed by atoms with Crippen LogP contribution in [0.3, 0.4) is 0 Å². The third-order valence-corrected chi connectivity index (χ3v) is 2.84. The quantitative estimate of drug-likeness (QED) is 0.745. The first kappa shape index (κ1) is 10.9. The van der Waals surface area contributed by atoms with Crippen molar-refractivity contribution in [1.29, 1.82) is 0 Å². The molecule has 2 rings (SSSR count). The normalized spacial score (nSPS) is 12.4. The van der Waals surface area contributed by atoms with Crippen molar-refractivity contribution < 1.29 is 4.74 Å². The smallest absolute Gasteiger partial charge is 0.0799 e. The highest BCUT2D eigenvalue weighted by molar-refractivity contribution is 5.67. The van der Waals surface area contributed by atoms with Crippen LogP contribution < -0.4 is 0 Å². The third-order valence-electron chi connectivity index (χ3n) is 2.84. The Morgan fingerprint density at radius 1 is 0.875 bits per heavy atom. The van der Waals surface area contributed by atoms with E-state index < -0.39 is 0 Å². The predicted octanol–water partition coefficient (Wildman–Crippen LogP) is 4.06. The summed E-state index contributed by atoms with van der Waals surface area (Å²) in [6.45, 7) is 2.07. The summed E-state index contributed by atoms with van der Waals surface area (Å²) in [5.41, 5.74) is 3.72. The van der Waals surface area contributed by atoms with Gasteiger partial charge in [0.15, 0.2) is 0 Å². The van der Waals surface area contributed by atoms with Crippen molar-refractivity contribution in [1.82, 2.24) is 0 Å². The molecule has 0 aromatic heterocycles. The van der Waals surface area contributed by atoms with Crippen LogP contribution in [-0.4, -0.2) is 7.11 Å². The van der Waals surface area contributed by atoms with E-state index in [4.69, 9.17) is 4.74 Å². The predicted molar refractivity (Wildman–Crippen MR) is 67.3 cm³/mol. The molecule has 1 heteroatoms. The Hall–Kier alpha value is -1.60. The van der Waals surface area contributed by atoms with Gasteiger partial charge in [0.1, 0.15) is 0 Å². The van der Waals surface area contributed by atoms with Gasteiger partial charge < -0.3 is 4.74 Å². The van der Waals surface area contributed by atoms with Crippen LogP contribution in [0, 0.1) is 0 Å². The lowest BCUT2D eigenvalue weighted by molar-refractivity contribution is 0.120. The second kappa shape index (κ2) is 4.95. The van der Waals surface area contributed by atoms with Gasteiger partial charge in [-0.2, -0.15) is 0 Å². The first-order chi connectivity index (χ1) is 7.83. The number of rotatable bonds is 3. The third kappa shape index (κ3) is 2.15. The zero-order valence-corrected chi connectivity index (χ0v) is 9.68. The summed E-state index contributed by atoms with van der Waals surface area (Å²) in [6.07, 6.45) is 0.122. The van der Waals surface area contributed by atoms with Gasteiger partial charge in [-0.25, -0.2) is 0 Å². The second-order valence-corrected chi connectivity index (χ2v) is 3.83. The minimum absolute atomic E-state index is 0.122. The number of ether oxygens (including phenoxy) is 1. The lowest BCUT2D eigenvalue weighted by atomic mass is 9.97. The van der Waals surface area contributed by atoms with E-state index in [1.54, 1.807) is 7.11 Å². The van der Waals surface area contributed by atoms with E-state index in [0.717, 1.165) is 0 Å². The van der Waals surface area contributed by atoms with Crippen molar-refractivity contribution >= 4 is 0 Å². The van der Waals surface area contributed by atoms with E-state index in [-0.39, 0.29) is 6.10 Å². The van der Waals surface area contributed by atoms with Gasteiger partial charge in [0.05, 0.1) is 6.10 Å². The van der Waals surface area contributed by atoms with Gasteiger partial charge in [-0.05, 0) is 23.6 Å². The van der Waals surface area contributed by atoms with Crippen LogP contribution in [-0.2, 0) is 4.74 Å². The van der Waals surface area contributed by atoms with Crippen LogP contribution in [0.15, 0.2) is 54.6 Å². The topological polar surface area (TPSA) is 9.23 Å². The standard InChI is InChI=1S/C15H16O/c1-12(16-2)14-10-6-7-11-15(14)13-8-4-3-5-9-13/h3-12H,1-2H3. The van der Waals surface area contributed by atoms with E-state index >= 15 is 0 Å². The lowest BCUT2D eigenvalue weighted by Crippen LogP contribution is -1.98. The van der Waals surface area contributed by atoms with Crippen LogP contribution in [0.4, 0.5) is 0 Å². The van der Waals surface area contributed by atoms with Crippen molar-refractivity contribution in [2.75, 3.05) is 7.11 Å². The summed E-state index contributed by atoms with van der Waals surface area (Å²) < 4.78 is 5.40. The van der Waals surface area contributed by atoms with Crippen LogP contribution >= 0.6 is 0 Å². The molecule has 2 aromatic rings. The first-order valence-corrected chi connectivity index (χ1v) is 5.50. The molecule has 0 amide bonds. The summed E-state index contributed by atoms with van der Waals surface area (Å²) in [4.78, 5) is 0. The molecule has 0 spiro atoms. The van der Waals surface area contributed by atoms with E-state index in [1.165, 1.54) is 16.7 Å². The van der Waals surface area contributed by atoms with Crippen molar-refractivity contribution in [2.24, 2.45) is 0 Å². The second-order valence-electron chi connectivity index (χ2n) is 3.83.